The molecule has 0 atom stereocenters. The first kappa shape index (κ1) is 15.4. The Kier molecular flexibility index (Phi) is 4.20. The van der Waals surface area contributed by atoms with E-state index in [0.717, 1.165) is 15.9 Å². The molecule has 0 radical (unpaired) electrons. The standard InChI is InChI=1S/C16H14BrN5O/c1-10-6-11(2)22(21-10)16-18-8-14(9-19-16)20-15(23)12-4-3-5-13(17)7-12/h3-9H,1-2H3,(H,20,23). The Morgan fingerprint density at radius 3 is 2.52 bits per heavy atom. The van der Waals surface area contributed by atoms with Crippen LogP contribution in [0.5, 0.6) is 0 Å². The molecule has 1 amide bonds. The molecule has 0 aliphatic heterocycles. The van der Waals surface area contributed by atoms with E-state index < -0.39 is 0 Å². The predicted molar refractivity (Wildman–Crippen MR) is 90.7 cm³/mol. The number of hydrogen-bond acceptors (Lipinski definition) is 4. The minimum atomic E-state index is -0.214. The molecule has 3 rings (SSSR count). The zero-order valence-corrected chi connectivity index (χ0v) is 14.2. The van der Waals surface area contributed by atoms with E-state index in [2.05, 4.69) is 36.3 Å². The molecular weight excluding hydrogens is 358 g/mol. The second-order valence-electron chi connectivity index (χ2n) is 5.08. The fourth-order valence-corrected chi connectivity index (χ4v) is 2.56. The van der Waals surface area contributed by atoms with E-state index in [1.54, 1.807) is 35.3 Å². The Bertz CT molecular complexity index is 857. The average Bonchev–Trinajstić information content (AvgIpc) is 2.86. The molecule has 7 heteroatoms. The van der Waals surface area contributed by atoms with E-state index >= 15 is 0 Å². The maximum Gasteiger partial charge on any atom is 0.255 e. The predicted octanol–water partition coefficient (Wildman–Crippen LogP) is 3.29. The van der Waals surface area contributed by atoms with Crippen LogP contribution in [-0.2, 0) is 0 Å². The summed E-state index contributed by atoms with van der Waals surface area (Å²) in [6, 6.07) is 9.11. The second-order valence-corrected chi connectivity index (χ2v) is 5.99. The van der Waals surface area contributed by atoms with E-state index in [-0.39, 0.29) is 5.91 Å². The van der Waals surface area contributed by atoms with Crippen LogP contribution in [0.1, 0.15) is 21.7 Å². The van der Waals surface area contributed by atoms with Gasteiger partial charge in [-0.1, -0.05) is 22.0 Å². The number of aromatic nitrogens is 4. The van der Waals surface area contributed by atoms with Crippen molar-refractivity contribution in [1.29, 1.82) is 0 Å². The molecule has 0 bridgehead atoms. The van der Waals surface area contributed by atoms with Crippen LogP contribution in [0.2, 0.25) is 0 Å². The summed E-state index contributed by atoms with van der Waals surface area (Å²) in [5.41, 5.74) is 2.94. The third kappa shape index (κ3) is 3.45. The minimum absolute atomic E-state index is 0.214. The van der Waals surface area contributed by atoms with Gasteiger partial charge in [0.15, 0.2) is 0 Å². The number of rotatable bonds is 3. The van der Waals surface area contributed by atoms with Crippen molar-refractivity contribution in [2.24, 2.45) is 0 Å². The normalized spacial score (nSPS) is 10.6. The number of nitrogens with zero attached hydrogens (tertiary/aromatic N) is 4. The van der Waals surface area contributed by atoms with Gasteiger partial charge in [-0.05, 0) is 38.1 Å². The molecule has 0 aliphatic carbocycles. The second kappa shape index (κ2) is 6.29. The molecule has 0 spiro atoms. The maximum absolute atomic E-state index is 12.2. The van der Waals surface area contributed by atoms with Crippen molar-refractivity contribution >= 4 is 27.5 Å². The smallest absolute Gasteiger partial charge is 0.255 e. The van der Waals surface area contributed by atoms with Crippen molar-refractivity contribution in [3.63, 3.8) is 0 Å². The summed E-state index contributed by atoms with van der Waals surface area (Å²) in [6.07, 6.45) is 3.13. The molecule has 3 aromatic rings. The van der Waals surface area contributed by atoms with Gasteiger partial charge in [0.25, 0.3) is 11.9 Å². The lowest BCUT2D eigenvalue weighted by molar-refractivity contribution is 0.102. The highest BCUT2D eigenvalue weighted by molar-refractivity contribution is 9.10. The van der Waals surface area contributed by atoms with Gasteiger partial charge in [0.05, 0.1) is 23.8 Å². The van der Waals surface area contributed by atoms with E-state index in [9.17, 15) is 4.79 Å². The highest BCUT2D eigenvalue weighted by atomic mass is 79.9. The van der Waals surface area contributed by atoms with Gasteiger partial charge in [0, 0.05) is 15.7 Å². The van der Waals surface area contributed by atoms with E-state index in [1.807, 2.05) is 26.0 Å². The van der Waals surface area contributed by atoms with Crippen LogP contribution in [-0.4, -0.2) is 25.7 Å². The van der Waals surface area contributed by atoms with E-state index in [1.165, 1.54) is 0 Å². The van der Waals surface area contributed by atoms with Crippen LogP contribution in [0.25, 0.3) is 5.95 Å². The zero-order chi connectivity index (χ0) is 16.4. The van der Waals surface area contributed by atoms with Gasteiger partial charge < -0.3 is 5.32 Å². The molecule has 0 saturated heterocycles. The van der Waals surface area contributed by atoms with Gasteiger partial charge in [0.1, 0.15) is 0 Å². The third-order valence-corrected chi connectivity index (χ3v) is 3.68. The summed E-state index contributed by atoms with van der Waals surface area (Å²) < 4.78 is 2.51. The number of carbonyl (C=O) groups is 1. The quantitative estimate of drug-likeness (QED) is 0.766. The van der Waals surface area contributed by atoms with Crippen molar-refractivity contribution in [2.75, 3.05) is 5.32 Å². The summed E-state index contributed by atoms with van der Waals surface area (Å²) in [5.74, 6) is 0.254. The first-order valence-electron chi connectivity index (χ1n) is 6.95. The van der Waals surface area contributed by atoms with E-state index in [0.29, 0.717) is 17.2 Å². The van der Waals surface area contributed by atoms with Crippen molar-refractivity contribution in [3.8, 4) is 5.95 Å². The summed E-state index contributed by atoms with van der Waals surface area (Å²) in [6.45, 7) is 3.85. The van der Waals surface area contributed by atoms with Gasteiger partial charge >= 0.3 is 0 Å². The largest absolute Gasteiger partial charge is 0.319 e. The van der Waals surface area contributed by atoms with Crippen LogP contribution >= 0.6 is 15.9 Å². The van der Waals surface area contributed by atoms with E-state index in [4.69, 9.17) is 0 Å². The van der Waals surface area contributed by atoms with Crippen LogP contribution in [0.4, 0.5) is 5.69 Å². The maximum atomic E-state index is 12.2. The number of amides is 1. The first-order valence-corrected chi connectivity index (χ1v) is 7.75. The average molecular weight is 372 g/mol. The van der Waals surface area contributed by atoms with Crippen molar-refractivity contribution in [2.45, 2.75) is 13.8 Å². The van der Waals surface area contributed by atoms with Crippen molar-refractivity contribution in [1.82, 2.24) is 19.7 Å². The lowest BCUT2D eigenvalue weighted by Crippen LogP contribution is -2.13. The fraction of sp³-hybridized carbons (Fsp3) is 0.125. The highest BCUT2D eigenvalue weighted by Gasteiger charge is 2.09. The lowest BCUT2D eigenvalue weighted by atomic mass is 10.2. The van der Waals surface area contributed by atoms with Crippen LogP contribution in [0.3, 0.4) is 0 Å². The lowest BCUT2D eigenvalue weighted by Gasteiger charge is -2.06. The Hall–Kier alpha value is -2.54. The molecule has 2 heterocycles. The third-order valence-electron chi connectivity index (χ3n) is 3.18. The Balaban J connectivity index is 1.77. The number of anilines is 1. The molecule has 6 nitrogen and oxygen atoms in total. The monoisotopic (exact) mass is 371 g/mol. The molecule has 1 aromatic carbocycles. The summed E-state index contributed by atoms with van der Waals surface area (Å²) in [7, 11) is 0. The van der Waals surface area contributed by atoms with Gasteiger partial charge in [0.2, 0.25) is 0 Å². The van der Waals surface area contributed by atoms with Gasteiger partial charge in [-0.15, -0.1) is 0 Å². The number of aryl methyl sites for hydroxylation is 2. The molecule has 2 aromatic heterocycles. The number of nitrogens with one attached hydrogen (secondary N) is 1. The summed E-state index contributed by atoms with van der Waals surface area (Å²) in [4.78, 5) is 20.7. The molecular formula is C16H14BrN5O. The van der Waals surface area contributed by atoms with Crippen molar-refractivity contribution < 1.29 is 4.79 Å². The number of carbonyl (C=O) groups excluding carboxylic acids is 1. The molecule has 116 valence electrons. The van der Waals surface area contributed by atoms with Gasteiger partial charge in [-0.25, -0.2) is 14.6 Å². The molecule has 0 saturated carbocycles. The Morgan fingerprint density at radius 1 is 1.17 bits per heavy atom. The molecule has 0 fully saturated rings. The number of benzene rings is 1. The van der Waals surface area contributed by atoms with Gasteiger partial charge in [-0.2, -0.15) is 5.10 Å². The van der Waals surface area contributed by atoms with Crippen LogP contribution in [0, 0.1) is 13.8 Å². The number of hydrogen-bond donors (Lipinski definition) is 1. The number of halogens is 1. The Morgan fingerprint density at radius 2 is 1.91 bits per heavy atom. The van der Waals surface area contributed by atoms with Gasteiger partial charge in [-0.3, -0.25) is 4.79 Å². The topological polar surface area (TPSA) is 72.7 Å². The summed E-state index contributed by atoms with van der Waals surface area (Å²) in [5, 5.41) is 7.10. The minimum Gasteiger partial charge on any atom is -0.319 e. The SMILES string of the molecule is Cc1cc(C)n(-c2ncc(NC(=O)c3cccc(Br)c3)cn2)n1. The molecule has 0 unspecified atom stereocenters. The highest BCUT2D eigenvalue weighted by Crippen LogP contribution is 2.14. The van der Waals surface area contributed by atoms with Crippen LogP contribution in [0.15, 0.2) is 47.2 Å². The van der Waals surface area contributed by atoms with Crippen molar-refractivity contribution in [3.05, 3.63) is 64.1 Å². The fourth-order valence-electron chi connectivity index (χ4n) is 2.16. The molecule has 0 aliphatic rings. The molecule has 23 heavy (non-hydrogen) atoms. The molecule has 1 N–H and O–H groups in total. The van der Waals surface area contributed by atoms with Crippen LogP contribution < -0.4 is 5.32 Å². The zero-order valence-electron chi connectivity index (χ0n) is 12.6. The summed E-state index contributed by atoms with van der Waals surface area (Å²) >= 11 is 3.35. The Labute approximate surface area is 141 Å². The first-order chi connectivity index (χ1) is 11.0.